The van der Waals surface area contributed by atoms with Crippen LogP contribution in [-0.2, 0) is 6.54 Å². The van der Waals surface area contributed by atoms with E-state index in [4.69, 9.17) is 0 Å². The molecular formula is C12H14FN3S2. The Hall–Kier alpha value is -0.980. The van der Waals surface area contributed by atoms with Crippen molar-refractivity contribution in [2.45, 2.75) is 29.1 Å². The first-order chi connectivity index (χ1) is 8.78. The average Bonchev–Trinajstić information content (AvgIpc) is 2.81. The molecule has 3 nitrogen and oxygen atoms in total. The molecular weight excluding hydrogens is 269 g/mol. The van der Waals surface area contributed by atoms with E-state index < -0.39 is 0 Å². The molecule has 96 valence electrons. The number of hydrogen-bond donors (Lipinski definition) is 1. The molecule has 1 aromatic carbocycles. The molecule has 0 aliphatic rings. The van der Waals surface area contributed by atoms with Crippen LogP contribution in [-0.4, -0.2) is 15.9 Å². The highest BCUT2D eigenvalue weighted by molar-refractivity contribution is 8.01. The van der Waals surface area contributed by atoms with Crippen LogP contribution in [0.3, 0.4) is 0 Å². The Morgan fingerprint density at radius 2 is 2.28 bits per heavy atom. The van der Waals surface area contributed by atoms with Crippen molar-refractivity contribution in [1.82, 2.24) is 14.7 Å². The molecule has 0 fully saturated rings. The van der Waals surface area contributed by atoms with Gasteiger partial charge in [0.05, 0.1) is 0 Å². The molecule has 0 spiro atoms. The first-order valence-electron chi connectivity index (χ1n) is 5.72. The Morgan fingerprint density at radius 3 is 3.00 bits per heavy atom. The van der Waals surface area contributed by atoms with Gasteiger partial charge in [0.1, 0.15) is 12.1 Å². The van der Waals surface area contributed by atoms with Gasteiger partial charge in [-0.05, 0) is 48.3 Å². The van der Waals surface area contributed by atoms with Crippen molar-refractivity contribution in [3.63, 3.8) is 0 Å². The smallest absolute Gasteiger partial charge is 0.174 e. The molecule has 0 atom stereocenters. The fourth-order valence-electron chi connectivity index (χ4n) is 1.50. The number of hydrogen-bond acceptors (Lipinski definition) is 5. The van der Waals surface area contributed by atoms with Crippen LogP contribution >= 0.6 is 23.3 Å². The Morgan fingerprint density at radius 1 is 1.39 bits per heavy atom. The van der Waals surface area contributed by atoms with Gasteiger partial charge in [0.25, 0.3) is 0 Å². The van der Waals surface area contributed by atoms with E-state index in [1.165, 1.54) is 35.7 Å². The second kappa shape index (κ2) is 6.82. The van der Waals surface area contributed by atoms with E-state index in [2.05, 4.69) is 21.6 Å². The minimum Gasteiger partial charge on any atom is -0.313 e. The van der Waals surface area contributed by atoms with Crippen molar-refractivity contribution in [3.05, 3.63) is 35.9 Å². The molecule has 0 aliphatic carbocycles. The number of nitrogens with one attached hydrogen (secondary N) is 1. The number of benzene rings is 1. The van der Waals surface area contributed by atoms with Gasteiger partial charge in [0.2, 0.25) is 0 Å². The standard InChI is InChI=1S/C12H14FN3S2/c1-2-3-14-7-9-4-10(13)6-11(5-9)17-12-15-8-16-18-12/h4-6,8,14H,2-3,7H2,1H3. The molecule has 0 saturated heterocycles. The molecule has 1 N–H and O–H groups in total. The second-order valence-corrected chi connectivity index (χ2v) is 5.88. The van der Waals surface area contributed by atoms with Crippen LogP contribution in [0.5, 0.6) is 0 Å². The summed E-state index contributed by atoms with van der Waals surface area (Å²) >= 11 is 2.75. The summed E-state index contributed by atoms with van der Waals surface area (Å²) in [5.74, 6) is -0.210. The van der Waals surface area contributed by atoms with E-state index in [1.807, 2.05) is 6.07 Å². The quantitative estimate of drug-likeness (QED) is 0.825. The minimum absolute atomic E-state index is 0.210. The molecule has 0 saturated carbocycles. The Balaban J connectivity index is 2.06. The van der Waals surface area contributed by atoms with Gasteiger partial charge < -0.3 is 5.32 Å². The Kier molecular flexibility index (Phi) is 5.10. The van der Waals surface area contributed by atoms with Gasteiger partial charge in [-0.2, -0.15) is 4.37 Å². The third kappa shape index (κ3) is 4.04. The van der Waals surface area contributed by atoms with Crippen LogP contribution < -0.4 is 5.32 Å². The number of aromatic nitrogens is 2. The summed E-state index contributed by atoms with van der Waals surface area (Å²) in [6.07, 6.45) is 2.58. The van der Waals surface area contributed by atoms with E-state index in [-0.39, 0.29) is 5.82 Å². The normalized spacial score (nSPS) is 10.8. The second-order valence-electron chi connectivity index (χ2n) is 3.78. The molecule has 0 unspecified atom stereocenters. The molecule has 0 radical (unpaired) electrons. The van der Waals surface area contributed by atoms with Crippen molar-refractivity contribution < 1.29 is 4.39 Å². The minimum atomic E-state index is -0.210. The van der Waals surface area contributed by atoms with E-state index >= 15 is 0 Å². The predicted molar refractivity (Wildman–Crippen MR) is 72.4 cm³/mol. The van der Waals surface area contributed by atoms with E-state index in [0.717, 1.165) is 27.8 Å². The molecule has 2 aromatic rings. The number of nitrogens with zero attached hydrogens (tertiary/aromatic N) is 2. The van der Waals surface area contributed by atoms with Gasteiger partial charge in [-0.1, -0.05) is 18.7 Å². The highest BCUT2D eigenvalue weighted by atomic mass is 32.2. The largest absolute Gasteiger partial charge is 0.313 e. The summed E-state index contributed by atoms with van der Waals surface area (Å²) in [5, 5.41) is 3.26. The molecule has 6 heteroatoms. The third-order valence-electron chi connectivity index (χ3n) is 2.23. The summed E-state index contributed by atoms with van der Waals surface area (Å²) in [4.78, 5) is 4.94. The maximum atomic E-state index is 13.5. The summed E-state index contributed by atoms with van der Waals surface area (Å²) in [6.45, 7) is 3.74. The van der Waals surface area contributed by atoms with Crippen molar-refractivity contribution in [2.24, 2.45) is 0 Å². The van der Waals surface area contributed by atoms with Crippen LogP contribution in [0.2, 0.25) is 0 Å². The number of rotatable bonds is 6. The summed E-state index contributed by atoms with van der Waals surface area (Å²) in [6, 6.07) is 5.07. The van der Waals surface area contributed by atoms with E-state index in [1.54, 1.807) is 6.07 Å². The van der Waals surface area contributed by atoms with Crippen LogP contribution in [0.4, 0.5) is 4.39 Å². The molecule has 2 rings (SSSR count). The third-order valence-corrected chi connectivity index (χ3v) is 3.92. The zero-order valence-corrected chi connectivity index (χ0v) is 11.7. The summed E-state index contributed by atoms with van der Waals surface area (Å²) in [5.41, 5.74) is 0.954. The SMILES string of the molecule is CCCNCc1cc(F)cc(Sc2ncns2)c1. The number of halogens is 1. The molecule has 0 amide bonds. The molecule has 1 aromatic heterocycles. The first-order valence-corrected chi connectivity index (χ1v) is 7.31. The summed E-state index contributed by atoms with van der Waals surface area (Å²) in [7, 11) is 0. The molecule has 0 aliphatic heterocycles. The van der Waals surface area contributed by atoms with Crippen molar-refractivity contribution in [1.29, 1.82) is 0 Å². The molecule has 1 heterocycles. The highest BCUT2D eigenvalue weighted by Gasteiger charge is 2.05. The van der Waals surface area contributed by atoms with E-state index in [0.29, 0.717) is 6.54 Å². The first kappa shape index (κ1) is 13.5. The maximum Gasteiger partial charge on any atom is 0.174 e. The zero-order valence-electron chi connectivity index (χ0n) is 10.0. The Labute approximate surface area is 114 Å². The van der Waals surface area contributed by atoms with Crippen molar-refractivity contribution in [2.75, 3.05) is 6.54 Å². The van der Waals surface area contributed by atoms with Crippen LogP contribution in [0.15, 0.2) is 33.8 Å². The van der Waals surface area contributed by atoms with Crippen molar-refractivity contribution >= 4 is 23.3 Å². The lowest BCUT2D eigenvalue weighted by Crippen LogP contribution is -2.13. The van der Waals surface area contributed by atoms with Gasteiger partial charge in [0, 0.05) is 11.4 Å². The lowest BCUT2D eigenvalue weighted by molar-refractivity contribution is 0.615. The van der Waals surface area contributed by atoms with Crippen LogP contribution in [0, 0.1) is 5.82 Å². The van der Waals surface area contributed by atoms with Gasteiger partial charge in [-0.15, -0.1) is 0 Å². The maximum absolute atomic E-state index is 13.5. The lowest BCUT2D eigenvalue weighted by Gasteiger charge is -2.06. The molecule has 0 bridgehead atoms. The fraction of sp³-hybridized carbons (Fsp3) is 0.333. The predicted octanol–water partition coefficient (Wildman–Crippen LogP) is 3.33. The van der Waals surface area contributed by atoms with Gasteiger partial charge in [-0.3, -0.25) is 0 Å². The summed E-state index contributed by atoms with van der Waals surface area (Å²) < 4.78 is 18.2. The Bertz CT molecular complexity index is 488. The lowest BCUT2D eigenvalue weighted by atomic mass is 10.2. The zero-order chi connectivity index (χ0) is 12.8. The van der Waals surface area contributed by atoms with Crippen LogP contribution in [0.25, 0.3) is 0 Å². The van der Waals surface area contributed by atoms with Gasteiger partial charge in [0.15, 0.2) is 4.34 Å². The average molecular weight is 283 g/mol. The van der Waals surface area contributed by atoms with Crippen molar-refractivity contribution in [3.8, 4) is 0 Å². The highest BCUT2D eigenvalue weighted by Crippen LogP contribution is 2.29. The monoisotopic (exact) mass is 283 g/mol. The topological polar surface area (TPSA) is 37.8 Å². The fourth-order valence-corrected chi connectivity index (χ4v) is 3.03. The van der Waals surface area contributed by atoms with Crippen LogP contribution in [0.1, 0.15) is 18.9 Å². The van der Waals surface area contributed by atoms with E-state index in [9.17, 15) is 4.39 Å². The van der Waals surface area contributed by atoms with Gasteiger partial charge >= 0.3 is 0 Å². The van der Waals surface area contributed by atoms with Gasteiger partial charge in [-0.25, -0.2) is 9.37 Å². The molecule has 18 heavy (non-hydrogen) atoms.